The van der Waals surface area contributed by atoms with E-state index in [-0.39, 0.29) is 22.6 Å². The minimum Gasteiger partial charge on any atom is -0.207 e. The van der Waals surface area contributed by atoms with Crippen LogP contribution in [-0.4, -0.2) is 0 Å². The molecule has 3 aliphatic rings. The third kappa shape index (κ3) is 2.19. The van der Waals surface area contributed by atoms with Crippen molar-refractivity contribution in [2.45, 2.75) is 96.4 Å². The Labute approximate surface area is 202 Å². The highest BCUT2D eigenvalue weighted by atomic mass is 19.1. The lowest BCUT2D eigenvalue weighted by atomic mass is 9.65. The average molecular weight is 461 g/mol. The fourth-order valence-corrected chi connectivity index (χ4v) is 8.53. The van der Waals surface area contributed by atoms with Crippen molar-refractivity contribution in [1.29, 1.82) is 0 Å². The Morgan fingerprint density at radius 1 is 0.971 bits per heavy atom. The fraction of sp³-hybridized carbons (Fsp3) is 0.516. The van der Waals surface area contributed by atoms with Crippen LogP contribution in [0.5, 0.6) is 0 Å². The van der Waals surface area contributed by atoms with Gasteiger partial charge in [0.1, 0.15) is 11.6 Å². The third-order valence-corrected chi connectivity index (χ3v) is 10.1. The molecule has 2 heterocycles. The quantitative estimate of drug-likeness (QED) is 0.260. The number of hydrogen-bond acceptors (Lipinski definition) is 0. The Bertz CT molecular complexity index is 1370. The van der Waals surface area contributed by atoms with E-state index in [2.05, 4.69) is 58.4 Å². The molecule has 0 saturated heterocycles. The van der Waals surface area contributed by atoms with Gasteiger partial charge in [0, 0.05) is 34.8 Å². The molecule has 0 radical (unpaired) electrons. The first-order chi connectivity index (χ1) is 16.2. The third-order valence-electron chi connectivity index (χ3n) is 10.1. The summed E-state index contributed by atoms with van der Waals surface area (Å²) in [4.78, 5) is 0. The minimum atomic E-state index is -0.535. The highest BCUT2D eigenvalue weighted by Crippen LogP contribution is 2.73. The summed E-state index contributed by atoms with van der Waals surface area (Å²) in [5.74, 6) is 0.217. The Balaban J connectivity index is 1.78. The van der Waals surface area contributed by atoms with Crippen LogP contribution in [0.4, 0.5) is 8.78 Å². The first-order valence-electron chi connectivity index (χ1n) is 13.3. The van der Waals surface area contributed by atoms with E-state index in [0.717, 1.165) is 71.9 Å². The Kier molecular flexibility index (Phi) is 4.50. The smallest absolute Gasteiger partial charge is 0.207 e. The van der Waals surface area contributed by atoms with Crippen molar-refractivity contribution in [2.75, 3.05) is 0 Å². The van der Waals surface area contributed by atoms with Gasteiger partial charge in [0.25, 0.3) is 0 Å². The average Bonchev–Trinajstić information content (AvgIpc) is 3.38. The summed E-state index contributed by atoms with van der Waals surface area (Å²) >= 11 is 0. The summed E-state index contributed by atoms with van der Waals surface area (Å²) < 4.78 is 34.2. The standard InChI is InChI=1S/C31H36F2N/c1-7-10-11-12-19-17-22-24-20(27(19)33)15-16-34-28(24)25-21(13-14-23(32)26(25)29(22,5)6)30(8-2)18(4)31(30,34)9-3/h13-18H,7-12H2,1-6H3/q+1. The Morgan fingerprint density at radius 3 is 2.41 bits per heavy atom. The van der Waals surface area contributed by atoms with Gasteiger partial charge in [-0.05, 0) is 42.0 Å². The van der Waals surface area contributed by atoms with Gasteiger partial charge >= 0.3 is 0 Å². The number of rotatable bonds is 6. The maximum absolute atomic E-state index is 16.0. The lowest BCUT2D eigenvalue weighted by molar-refractivity contribution is -0.737. The molecule has 0 bridgehead atoms. The van der Waals surface area contributed by atoms with E-state index in [9.17, 15) is 0 Å². The van der Waals surface area contributed by atoms with Crippen molar-refractivity contribution in [3.63, 3.8) is 0 Å². The monoisotopic (exact) mass is 460 g/mol. The molecule has 1 nitrogen and oxygen atoms in total. The minimum absolute atomic E-state index is 0.00288. The molecule has 3 atom stereocenters. The largest absolute Gasteiger partial charge is 0.222 e. The van der Waals surface area contributed by atoms with Gasteiger partial charge in [0.05, 0.1) is 16.4 Å². The molecule has 6 rings (SSSR count). The summed E-state index contributed by atoms with van der Waals surface area (Å²) in [5.41, 5.74) is 5.43. The summed E-state index contributed by atoms with van der Waals surface area (Å²) in [6, 6.07) is 7.82. The van der Waals surface area contributed by atoms with Crippen molar-refractivity contribution < 1.29 is 13.3 Å². The van der Waals surface area contributed by atoms with E-state index in [1.54, 1.807) is 6.07 Å². The summed E-state index contributed by atoms with van der Waals surface area (Å²) in [5, 5.41) is 1.70. The first-order valence-corrected chi connectivity index (χ1v) is 13.3. The van der Waals surface area contributed by atoms with E-state index in [1.807, 2.05) is 12.1 Å². The van der Waals surface area contributed by atoms with E-state index in [0.29, 0.717) is 11.3 Å². The molecule has 1 fully saturated rings. The van der Waals surface area contributed by atoms with Crippen LogP contribution in [0.2, 0.25) is 0 Å². The maximum Gasteiger partial charge on any atom is 0.222 e. The number of benzene rings is 2. The van der Waals surface area contributed by atoms with E-state index < -0.39 is 5.41 Å². The summed E-state index contributed by atoms with van der Waals surface area (Å²) in [6.07, 6.45) is 8.04. The molecule has 1 aromatic heterocycles. The second-order valence-electron chi connectivity index (χ2n) is 11.5. The van der Waals surface area contributed by atoms with Gasteiger partial charge in [-0.25, -0.2) is 8.78 Å². The zero-order valence-corrected chi connectivity index (χ0v) is 21.4. The Morgan fingerprint density at radius 2 is 1.74 bits per heavy atom. The number of halogens is 2. The number of aromatic nitrogens is 1. The van der Waals surface area contributed by atoms with Gasteiger partial charge in [-0.2, -0.15) is 4.57 Å². The lowest BCUT2D eigenvalue weighted by Gasteiger charge is -2.39. The van der Waals surface area contributed by atoms with Crippen molar-refractivity contribution in [3.05, 3.63) is 64.4 Å². The molecule has 2 aliphatic carbocycles. The normalized spacial score (nSPS) is 27.1. The molecular formula is C31H36F2N+. The molecule has 2 aromatic carbocycles. The van der Waals surface area contributed by atoms with E-state index >= 15 is 8.78 Å². The number of unbranched alkanes of at least 4 members (excludes halogenated alkanes) is 2. The molecule has 1 saturated carbocycles. The van der Waals surface area contributed by atoms with Crippen LogP contribution >= 0.6 is 0 Å². The lowest BCUT2D eigenvalue weighted by Crippen LogP contribution is -2.56. The molecule has 178 valence electrons. The van der Waals surface area contributed by atoms with Gasteiger partial charge in [0.2, 0.25) is 5.69 Å². The van der Waals surface area contributed by atoms with Gasteiger partial charge < -0.3 is 0 Å². The summed E-state index contributed by atoms with van der Waals surface area (Å²) in [7, 11) is 0. The summed E-state index contributed by atoms with van der Waals surface area (Å²) in [6.45, 7) is 13.3. The number of fused-ring (bicyclic) bond motifs is 3. The number of pyridine rings is 1. The molecule has 0 amide bonds. The maximum atomic E-state index is 16.0. The fourth-order valence-electron chi connectivity index (χ4n) is 8.53. The van der Waals surface area contributed by atoms with Crippen LogP contribution in [0.15, 0.2) is 30.5 Å². The van der Waals surface area contributed by atoms with Gasteiger partial charge in [-0.3, -0.25) is 0 Å². The SMILES string of the molecule is CCCCCc1cc2c3c4[n+](ccc3c1F)C1(CC)C(C)C1(CC)c1ccc(F)c(c1-4)C2(C)C. The second-order valence-corrected chi connectivity index (χ2v) is 11.5. The second kappa shape index (κ2) is 6.89. The van der Waals surface area contributed by atoms with Crippen LogP contribution in [0.1, 0.15) is 95.9 Å². The molecule has 0 spiro atoms. The zero-order chi connectivity index (χ0) is 24.2. The number of aryl methyl sites for hydroxylation is 1. The van der Waals surface area contributed by atoms with E-state index in [1.165, 1.54) is 5.56 Å². The molecule has 1 aliphatic heterocycles. The van der Waals surface area contributed by atoms with Crippen molar-refractivity contribution in [1.82, 2.24) is 0 Å². The topological polar surface area (TPSA) is 3.88 Å². The van der Waals surface area contributed by atoms with Crippen LogP contribution in [0, 0.1) is 17.6 Å². The van der Waals surface area contributed by atoms with Gasteiger partial charge in [0.15, 0.2) is 11.7 Å². The highest BCUT2D eigenvalue weighted by molar-refractivity contribution is 6.02. The molecule has 3 unspecified atom stereocenters. The van der Waals surface area contributed by atoms with Crippen molar-refractivity contribution in [3.8, 4) is 11.3 Å². The Hall–Kier alpha value is -2.29. The first kappa shape index (κ1) is 22.2. The van der Waals surface area contributed by atoms with Crippen LogP contribution in [-0.2, 0) is 22.8 Å². The predicted octanol–water partition coefficient (Wildman–Crippen LogP) is 7.86. The van der Waals surface area contributed by atoms with Crippen molar-refractivity contribution >= 4 is 10.8 Å². The molecule has 3 aromatic rings. The van der Waals surface area contributed by atoms with Crippen molar-refractivity contribution in [2.24, 2.45) is 5.92 Å². The predicted molar refractivity (Wildman–Crippen MR) is 134 cm³/mol. The van der Waals surface area contributed by atoms with Gasteiger partial charge in [-0.1, -0.05) is 66.5 Å². The highest BCUT2D eigenvalue weighted by Gasteiger charge is 2.83. The molecule has 3 heteroatoms. The van der Waals surface area contributed by atoms with Gasteiger partial charge in [-0.15, -0.1) is 0 Å². The molecule has 0 N–H and O–H groups in total. The number of hydrogen-bond donors (Lipinski definition) is 0. The number of nitrogens with zero attached hydrogens (tertiary/aromatic N) is 1. The van der Waals surface area contributed by atoms with Crippen LogP contribution < -0.4 is 4.57 Å². The van der Waals surface area contributed by atoms with Crippen LogP contribution in [0.25, 0.3) is 22.0 Å². The molecular weight excluding hydrogens is 424 g/mol. The van der Waals surface area contributed by atoms with Crippen LogP contribution in [0.3, 0.4) is 0 Å². The zero-order valence-electron chi connectivity index (χ0n) is 21.4. The van der Waals surface area contributed by atoms with E-state index in [4.69, 9.17) is 0 Å². The molecule has 34 heavy (non-hydrogen) atoms.